The molecule has 0 bridgehead atoms. The van der Waals surface area contributed by atoms with Crippen LogP contribution in [0.1, 0.15) is 5.76 Å². The Kier molecular flexibility index (Phi) is 2.97. The topological polar surface area (TPSA) is 22.2 Å². The SMILES string of the molecule is [Cl-].c1coc(Cn2cc[n+]3ccccc23)c1. The summed E-state index contributed by atoms with van der Waals surface area (Å²) in [6.45, 7) is 0.771. The lowest BCUT2D eigenvalue weighted by atomic mass is 10.4. The predicted octanol–water partition coefficient (Wildman–Crippen LogP) is -1.13. The minimum absolute atomic E-state index is 0. The number of pyridine rings is 1. The van der Waals surface area contributed by atoms with E-state index in [-0.39, 0.29) is 12.4 Å². The molecule has 0 spiro atoms. The first-order chi connectivity index (χ1) is 7.43. The molecule has 3 heterocycles. The largest absolute Gasteiger partial charge is 1.00 e. The second-order valence-electron chi connectivity index (χ2n) is 3.47. The molecule has 0 unspecified atom stereocenters. The average molecular weight is 235 g/mol. The van der Waals surface area contributed by atoms with Gasteiger partial charge in [-0.2, -0.15) is 0 Å². The first-order valence-electron chi connectivity index (χ1n) is 4.91. The Labute approximate surface area is 99.3 Å². The number of imidazole rings is 1. The van der Waals surface area contributed by atoms with Gasteiger partial charge in [0.05, 0.1) is 12.5 Å². The van der Waals surface area contributed by atoms with Gasteiger partial charge in [-0.1, -0.05) is 6.07 Å². The van der Waals surface area contributed by atoms with Crippen molar-refractivity contribution in [3.05, 3.63) is 60.9 Å². The van der Waals surface area contributed by atoms with Gasteiger partial charge in [0, 0.05) is 6.07 Å². The molecule has 0 N–H and O–H groups in total. The van der Waals surface area contributed by atoms with E-state index in [1.165, 1.54) is 0 Å². The Morgan fingerprint density at radius 3 is 2.88 bits per heavy atom. The highest BCUT2D eigenvalue weighted by Crippen LogP contribution is 2.05. The van der Waals surface area contributed by atoms with Crippen molar-refractivity contribution >= 4 is 5.65 Å². The number of aromatic nitrogens is 2. The van der Waals surface area contributed by atoms with Crippen molar-refractivity contribution < 1.29 is 21.2 Å². The van der Waals surface area contributed by atoms with Crippen LogP contribution in [0.25, 0.3) is 5.65 Å². The van der Waals surface area contributed by atoms with Crippen molar-refractivity contribution in [2.45, 2.75) is 6.54 Å². The molecule has 0 saturated carbocycles. The Morgan fingerprint density at radius 1 is 1.12 bits per heavy atom. The Bertz CT molecular complexity index is 572. The Hall–Kier alpha value is -1.74. The summed E-state index contributed by atoms with van der Waals surface area (Å²) in [6.07, 6.45) is 7.83. The zero-order valence-corrected chi connectivity index (χ0v) is 9.34. The molecule has 16 heavy (non-hydrogen) atoms. The monoisotopic (exact) mass is 234 g/mol. The van der Waals surface area contributed by atoms with Crippen LogP contribution in [0.3, 0.4) is 0 Å². The number of rotatable bonds is 2. The van der Waals surface area contributed by atoms with E-state index in [9.17, 15) is 0 Å². The highest BCUT2D eigenvalue weighted by molar-refractivity contribution is 5.30. The maximum Gasteiger partial charge on any atom is 0.286 e. The van der Waals surface area contributed by atoms with E-state index >= 15 is 0 Å². The highest BCUT2D eigenvalue weighted by Gasteiger charge is 2.09. The lowest BCUT2D eigenvalue weighted by molar-refractivity contribution is -0.510. The molecular formula is C12H11ClN2O. The van der Waals surface area contributed by atoms with Gasteiger partial charge in [0.1, 0.15) is 24.7 Å². The van der Waals surface area contributed by atoms with Crippen LogP contribution in [-0.4, -0.2) is 4.57 Å². The number of hydrogen-bond donors (Lipinski definition) is 0. The van der Waals surface area contributed by atoms with E-state index in [0.717, 1.165) is 18.0 Å². The molecule has 0 atom stereocenters. The predicted molar refractivity (Wildman–Crippen MR) is 55.4 cm³/mol. The molecule has 3 aromatic heterocycles. The van der Waals surface area contributed by atoms with Crippen LogP contribution in [0.5, 0.6) is 0 Å². The second kappa shape index (κ2) is 4.41. The molecule has 4 heteroatoms. The summed E-state index contributed by atoms with van der Waals surface area (Å²) in [6, 6.07) is 10.0. The van der Waals surface area contributed by atoms with E-state index in [4.69, 9.17) is 4.42 Å². The van der Waals surface area contributed by atoms with Gasteiger partial charge in [-0.25, -0.2) is 8.97 Å². The summed E-state index contributed by atoms with van der Waals surface area (Å²) in [7, 11) is 0. The first-order valence-corrected chi connectivity index (χ1v) is 4.91. The highest BCUT2D eigenvalue weighted by atomic mass is 35.5. The summed E-state index contributed by atoms with van der Waals surface area (Å²) >= 11 is 0. The van der Waals surface area contributed by atoms with Crippen molar-refractivity contribution in [1.82, 2.24) is 4.57 Å². The molecule has 0 aliphatic heterocycles. The van der Waals surface area contributed by atoms with E-state index < -0.39 is 0 Å². The molecule has 3 rings (SSSR count). The van der Waals surface area contributed by atoms with Crippen molar-refractivity contribution in [3.63, 3.8) is 0 Å². The molecule has 3 aromatic rings. The fourth-order valence-electron chi connectivity index (χ4n) is 1.75. The summed E-state index contributed by atoms with van der Waals surface area (Å²) < 4.78 is 9.56. The van der Waals surface area contributed by atoms with Crippen LogP contribution < -0.4 is 16.8 Å². The molecule has 0 aliphatic rings. The van der Waals surface area contributed by atoms with E-state index in [2.05, 4.69) is 21.2 Å². The number of fused-ring (bicyclic) bond motifs is 1. The normalized spacial score (nSPS) is 10.2. The lowest BCUT2D eigenvalue weighted by Gasteiger charge is -1.93. The van der Waals surface area contributed by atoms with Gasteiger partial charge in [0.15, 0.2) is 0 Å². The maximum atomic E-state index is 5.33. The smallest absolute Gasteiger partial charge is 0.286 e. The lowest BCUT2D eigenvalue weighted by Crippen LogP contribution is -3.00. The molecule has 0 saturated heterocycles. The van der Waals surface area contributed by atoms with E-state index in [1.807, 2.05) is 36.7 Å². The Balaban J connectivity index is 0.000000963. The third-order valence-electron chi connectivity index (χ3n) is 2.48. The quantitative estimate of drug-likeness (QED) is 0.515. The average Bonchev–Trinajstić information content (AvgIpc) is 2.89. The summed E-state index contributed by atoms with van der Waals surface area (Å²) in [5.41, 5.74) is 1.16. The van der Waals surface area contributed by atoms with Gasteiger partial charge in [-0.15, -0.1) is 0 Å². The molecular weight excluding hydrogens is 224 g/mol. The number of furan rings is 1. The van der Waals surface area contributed by atoms with Crippen molar-refractivity contribution in [1.29, 1.82) is 0 Å². The number of hydrogen-bond acceptors (Lipinski definition) is 1. The maximum absolute atomic E-state index is 5.33. The van der Waals surface area contributed by atoms with E-state index in [1.54, 1.807) is 6.26 Å². The van der Waals surface area contributed by atoms with Gasteiger partial charge in [-0.3, -0.25) is 0 Å². The fourth-order valence-corrected chi connectivity index (χ4v) is 1.75. The van der Waals surface area contributed by atoms with Crippen LogP contribution in [0.4, 0.5) is 0 Å². The Morgan fingerprint density at radius 2 is 2.06 bits per heavy atom. The van der Waals surface area contributed by atoms with Gasteiger partial charge in [0.2, 0.25) is 0 Å². The summed E-state index contributed by atoms with van der Waals surface area (Å²) in [4.78, 5) is 0. The van der Waals surface area contributed by atoms with Gasteiger partial charge < -0.3 is 16.8 Å². The van der Waals surface area contributed by atoms with Crippen LogP contribution in [0, 0.1) is 0 Å². The van der Waals surface area contributed by atoms with Crippen molar-refractivity contribution in [2.24, 2.45) is 0 Å². The second-order valence-corrected chi connectivity index (χ2v) is 3.47. The fraction of sp³-hybridized carbons (Fsp3) is 0.0833. The standard InChI is InChI=1S/C12H11N2O.ClH/c1-2-6-13-7-8-14(12(13)5-1)10-11-4-3-9-15-11;/h1-9H,10H2;1H/q+1;/p-1. The van der Waals surface area contributed by atoms with Crippen LogP contribution in [-0.2, 0) is 6.54 Å². The summed E-state index contributed by atoms with van der Waals surface area (Å²) in [5, 5.41) is 0. The molecule has 0 amide bonds. The third-order valence-corrected chi connectivity index (χ3v) is 2.48. The molecule has 0 fully saturated rings. The molecule has 82 valence electrons. The van der Waals surface area contributed by atoms with Crippen molar-refractivity contribution in [3.8, 4) is 0 Å². The van der Waals surface area contributed by atoms with Crippen molar-refractivity contribution in [2.75, 3.05) is 0 Å². The minimum atomic E-state index is 0. The summed E-state index contributed by atoms with van der Waals surface area (Å²) in [5.74, 6) is 0.969. The minimum Gasteiger partial charge on any atom is -1.00 e. The molecule has 0 aromatic carbocycles. The molecule has 3 nitrogen and oxygen atoms in total. The molecule has 0 radical (unpaired) electrons. The number of nitrogens with zero attached hydrogens (tertiary/aromatic N) is 2. The third kappa shape index (κ3) is 1.82. The first kappa shape index (κ1) is 10.8. The van der Waals surface area contributed by atoms with Crippen LogP contribution in [0.15, 0.2) is 59.6 Å². The van der Waals surface area contributed by atoms with Crippen LogP contribution >= 0.6 is 0 Å². The van der Waals surface area contributed by atoms with Gasteiger partial charge in [0.25, 0.3) is 5.65 Å². The van der Waals surface area contributed by atoms with E-state index in [0.29, 0.717) is 0 Å². The molecule has 0 aliphatic carbocycles. The van der Waals surface area contributed by atoms with Gasteiger partial charge >= 0.3 is 0 Å². The zero-order chi connectivity index (χ0) is 10.1. The van der Waals surface area contributed by atoms with Crippen LogP contribution in [0.2, 0.25) is 0 Å². The van der Waals surface area contributed by atoms with Gasteiger partial charge in [-0.05, 0) is 18.2 Å². The zero-order valence-electron chi connectivity index (χ0n) is 8.58. The number of halogens is 1.